The molecule has 1 aromatic carbocycles. The lowest BCUT2D eigenvalue weighted by atomic mass is 10.1. The number of H-pyrrole nitrogens is 1. The van der Waals surface area contributed by atoms with Crippen LogP contribution in [0.5, 0.6) is 0 Å². The summed E-state index contributed by atoms with van der Waals surface area (Å²) in [6, 6.07) is 6.43. The molecule has 124 valence electrons. The monoisotopic (exact) mass is 314 g/mol. The van der Waals surface area contributed by atoms with Gasteiger partial charge in [0, 0.05) is 38.1 Å². The Kier molecular flexibility index (Phi) is 4.33. The predicted octanol–water partition coefficient (Wildman–Crippen LogP) is 2.11. The van der Waals surface area contributed by atoms with Crippen LogP contribution in [0.1, 0.15) is 18.4 Å². The van der Waals surface area contributed by atoms with Crippen molar-refractivity contribution in [3.8, 4) is 0 Å². The molecule has 1 aliphatic heterocycles. The van der Waals surface area contributed by atoms with Crippen molar-refractivity contribution in [3.63, 3.8) is 0 Å². The van der Waals surface area contributed by atoms with Crippen LogP contribution in [-0.4, -0.2) is 65.9 Å². The fourth-order valence-electron chi connectivity index (χ4n) is 3.60. The van der Waals surface area contributed by atoms with Crippen LogP contribution >= 0.6 is 0 Å². The van der Waals surface area contributed by atoms with Crippen LogP contribution in [0.25, 0.3) is 10.9 Å². The number of hydrogen-bond donors (Lipinski definition) is 1. The van der Waals surface area contributed by atoms with E-state index < -0.39 is 0 Å². The van der Waals surface area contributed by atoms with E-state index in [0.29, 0.717) is 6.10 Å². The number of para-hydroxylation sites is 1. The SMILES string of the molecule is CN(CC1CC1)C[C@@H]1CN(Cc2cccc3cn[nH]c23)CCO1. The molecule has 0 amide bonds. The maximum absolute atomic E-state index is 5.99. The van der Waals surface area contributed by atoms with Gasteiger partial charge in [-0.05, 0) is 31.4 Å². The van der Waals surface area contributed by atoms with Gasteiger partial charge in [-0.1, -0.05) is 18.2 Å². The van der Waals surface area contributed by atoms with Crippen LogP contribution in [0.3, 0.4) is 0 Å². The molecular formula is C18H26N4O. The smallest absolute Gasteiger partial charge is 0.0829 e. The van der Waals surface area contributed by atoms with E-state index in [1.807, 2.05) is 6.20 Å². The quantitative estimate of drug-likeness (QED) is 0.887. The molecule has 2 heterocycles. The summed E-state index contributed by atoms with van der Waals surface area (Å²) in [4.78, 5) is 4.95. The molecule has 2 aromatic rings. The van der Waals surface area contributed by atoms with Gasteiger partial charge in [0.25, 0.3) is 0 Å². The van der Waals surface area contributed by atoms with Crippen molar-refractivity contribution in [1.29, 1.82) is 0 Å². The molecule has 1 atom stereocenters. The minimum atomic E-state index is 0.327. The van der Waals surface area contributed by atoms with E-state index in [0.717, 1.165) is 38.7 Å². The summed E-state index contributed by atoms with van der Waals surface area (Å²) < 4.78 is 5.99. The number of nitrogens with zero attached hydrogens (tertiary/aromatic N) is 3. The van der Waals surface area contributed by atoms with Crippen molar-refractivity contribution in [1.82, 2.24) is 20.0 Å². The number of benzene rings is 1. The van der Waals surface area contributed by atoms with Crippen molar-refractivity contribution in [2.24, 2.45) is 5.92 Å². The molecular weight excluding hydrogens is 288 g/mol. The van der Waals surface area contributed by atoms with Crippen molar-refractivity contribution in [2.45, 2.75) is 25.5 Å². The van der Waals surface area contributed by atoms with Crippen molar-refractivity contribution in [2.75, 3.05) is 39.8 Å². The van der Waals surface area contributed by atoms with Gasteiger partial charge in [0.05, 0.1) is 24.4 Å². The predicted molar refractivity (Wildman–Crippen MR) is 91.3 cm³/mol. The number of ether oxygens (including phenoxy) is 1. The van der Waals surface area contributed by atoms with Crippen LogP contribution in [0, 0.1) is 5.92 Å². The Labute approximate surface area is 137 Å². The highest BCUT2D eigenvalue weighted by atomic mass is 16.5. The number of aromatic amines is 1. The highest BCUT2D eigenvalue weighted by Gasteiger charge is 2.26. The van der Waals surface area contributed by atoms with Crippen LogP contribution in [0.2, 0.25) is 0 Å². The minimum Gasteiger partial charge on any atom is -0.374 e. The molecule has 4 rings (SSSR count). The van der Waals surface area contributed by atoms with Crippen LogP contribution < -0.4 is 0 Å². The Morgan fingerprint density at radius 2 is 2.26 bits per heavy atom. The Morgan fingerprint density at radius 1 is 1.35 bits per heavy atom. The molecule has 1 aromatic heterocycles. The number of fused-ring (bicyclic) bond motifs is 1. The minimum absolute atomic E-state index is 0.327. The average Bonchev–Trinajstić information content (AvgIpc) is 3.21. The van der Waals surface area contributed by atoms with Crippen molar-refractivity contribution in [3.05, 3.63) is 30.0 Å². The summed E-state index contributed by atoms with van der Waals surface area (Å²) in [5.41, 5.74) is 2.49. The molecule has 2 fully saturated rings. The second-order valence-electron chi connectivity index (χ2n) is 7.14. The Hall–Kier alpha value is -1.43. The van der Waals surface area contributed by atoms with E-state index in [4.69, 9.17) is 4.74 Å². The zero-order chi connectivity index (χ0) is 15.6. The Morgan fingerprint density at radius 3 is 3.13 bits per heavy atom. The lowest BCUT2D eigenvalue weighted by molar-refractivity contribution is -0.0433. The number of hydrogen-bond acceptors (Lipinski definition) is 4. The van der Waals surface area contributed by atoms with Gasteiger partial charge in [0.15, 0.2) is 0 Å². The first-order chi connectivity index (χ1) is 11.3. The second kappa shape index (κ2) is 6.59. The van der Waals surface area contributed by atoms with Gasteiger partial charge in [-0.25, -0.2) is 0 Å². The number of rotatable bonds is 6. The van der Waals surface area contributed by atoms with Gasteiger partial charge < -0.3 is 9.64 Å². The van der Waals surface area contributed by atoms with E-state index in [1.165, 1.54) is 35.9 Å². The summed E-state index contributed by atoms with van der Waals surface area (Å²) in [5, 5.41) is 8.49. The van der Waals surface area contributed by atoms with Crippen molar-refractivity contribution < 1.29 is 4.74 Å². The van der Waals surface area contributed by atoms with Gasteiger partial charge in [0.2, 0.25) is 0 Å². The van der Waals surface area contributed by atoms with Gasteiger partial charge in [-0.3, -0.25) is 10.00 Å². The third-order valence-electron chi connectivity index (χ3n) is 4.96. The lowest BCUT2D eigenvalue weighted by Crippen LogP contribution is -2.46. The van der Waals surface area contributed by atoms with Gasteiger partial charge in [-0.15, -0.1) is 0 Å². The van der Waals surface area contributed by atoms with Gasteiger partial charge in [0.1, 0.15) is 0 Å². The highest BCUT2D eigenvalue weighted by molar-refractivity contribution is 5.81. The molecule has 1 saturated heterocycles. The fraction of sp³-hybridized carbons (Fsp3) is 0.611. The average molecular weight is 314 g/mol. The molecule has 1 N–H and O–H groups in total. The molecule has 5 heteroatoms. The number of morpholine rings is 1. The zero-order valence-corrected chi connectivity index (χ0v) is 13.9. The van der Waals surface area contributed by atoms with Gasteiger partial charge >= 0.3 is 0 Å². The van der Waals surface area contributed by atoms with Crippen LogP contribution in [-0.2, 0) is 11.3 Å². The molecule has 0 radical (unpaired) electrons. The Bertz CT molecular complexity index is 651. The molecule has 23 heavy (non-hydrogen) atoms. The van der Waals surface area contributed by atoms with Crippen molar-refractivity contribution >= 4 is 10.9 Å². The summed E-state index contributed by atoms with van der Waals surface area (Å²) in [6.07, 6.45) is 5.05. The first-order valence-corrected chi connectivity index (χ1v) is 8.71. The topological polar surface area (TPSA) is 44.4 Å². The largest absolute Gasteiger partial charge is 0.374 e. The molecule has 0 spiro atoms. The summed E-state index contributed by atoms with van der Waals surface area (Å²) >= 11 is 0. The molecule has 0 bridgehead atoms. The first-order valence-electron chi connectivity index (χ1n) is 8.71. The summed E-state index contributed by atoms with van der Waals surface area (Å²) in [5.74, 6) is 0.942. The molecule has 1 saturated carbocycles. The standard InChI is InChI=1S/C18H26N4O/c1-21(10-14-5-6-14)12-17-13-22(7-8-23-17)11-16-4-2-3-15-9-19-20-18(15)16/h2-4,9,14,17H,5-8,10-13H2,1H3,(H,19,20)/t17-/m1/s1. The maximum atomic E-state index is 5.99. The first kappa shape index (κ1) is 15.1. The Balaban J connectivity index is 1.36. The molecule has 0 unspecified atom stereocenters. The van der Waals surface area contributed by atoms with E-state index in [1.54, 1.807) is 0 Å². The zero-order valence-electron chi connectivity index (χ0n) is 13.9. The third kappa shape index (κ3) is 3.74. The van der Waals surface area contributed by atoms with Crippen LogP contribution in [0.4, 0.5) is 0 Å². The van der Waals surface area contributed by atoms with E-state index in [2.05, 4.69) is 45.2 Å². The normalized spacial score (nSPS) is 23.0. The summed E-state index contributed by atoms with van der Waals surface area (Å²) in [6.45, 7) is 6.09. The number of aromatic nitrogens is 2. The maximum Gasteiger partial charge on any atom is 0.0829 e. The summed E-state index contributed by atoms with van der Waals surface area (Å²) in [7, 11) is 2.23. The second-order valence-corrected chi connectivity index (χ2v) is 7.14. The molecule has 5 nitrogen and oxygen atoms in total. The molecule has 2 aliphatic rings. The number of likely N-dealkylation sites (N-methyl/N-ethyl adjacent to an activating group) is 1. The number of nitrogens with one attached hydrogen (secondary N) is 1. The molecule has 1 aliphatic carbocycles. The van der Waals surface area contributed by atoms with Gasteiger partial charge in [-0.2, -0.15) is 5.10 Å². The highest BCUT2D eigenvalue weighted by Crippen LogP contribution is 2.29. The van der Waals surface area contributed by atoms with E-state index >= 15 is 0 Å². The third-order valence-corrected chi connectivity index (χ3v) is 4.96. The van der Waals surface area contributed by atoms with E-state index in [9.17, 15) is 0 Å². The van der Waals surface area contributed by atoms with Crippen LogP contribution in [0.15, 0.2) is 24.4 Å². The van der Waals surface area contributed by atoms with E-state index in [-0.39, 0.29) is 0 Å². The lowest BCUT2D eigenvalue weighted by Gasteiger charge is -2.35. The fourth-order valence-corrected chi connectivity index (χ4v) is 3.60.